The van der Waals surface area contributed by atoms with Crippen molar-refractivity contribution in [3.63, 3.8) is 0 Å². The number of benzene rings is 1. The molecule has 0 aliphatic heterocycles. The van der Waals surface area contributed by atoms with Gasteiger partial charge in [0.15, 0.2) is 0 Å². The smallest absolute Gasteiger partial charge is 0.232 e. The lowest BCUT2D eigenvalue weighted by atomic mass is 10.3. The minimum absolute atomic E-state index is 0.195. The molecule has 1 aromatic carbocycles. The highest BCUT2D eigenvalue weighted by Crippen LogP contribution is 2.19. The second kappa shape index (κ2) is 5.22. The Bertz CT molecular complexity index is 442. The van der Waals surface area contributed by atoms with Crippen LogP contribution >= 0.6 is 0 Å². The number of hydrogen-bond donors (Lipinski definition) is 2. The molecule has 0 unspecified atom stereocenters. The molecule has 7 heteroatoms. The lowest BCUT2D eigenvalue weighted by molar-refractivity contribution is 0.582. The first-order valence-electron chi connectivity index (χ1n) is 4.61. The molecule has 16 heavy (non-hydrogen) atoms. The molecule has 0 aliphatic carbocycles. The van der Waals surface area contributed by atoms with Gasteiger partial charge in [-0.3, -0.25) is 4.72 Å². The number of halogens is 2. The van der Waals surface area contributed by atoms with Crippen molar-refractivity contribution >= 4 is 15.7 Å². The molecular formula is C9H12F2N2O2S. The third-order valence-corrected chi connectivity index (χ3v) is 3.18. The van der Waals surface area contributed by atoms with E-state index in [9.17, 15) is 17.2 Å². The summed E-state index contributed by atoms with van der Waals surface area (Å²) in [5.41, 5.74) is 4.50. The van der Waals surface area contributed by atoms with Crippen molar-refractivity contribution in [2.24, 2.45) is 5.73 Å². The summed E-state index contributed by atoms with van der Waals surface area (Å²) >= 11 is 0. The van der Waals surface area contributed by atoms with E-state index in [2.05, 4.69) is 0 Å². The van der Waals surface area contributed by atoms with Crippen LogP contribution in [0.25, 0.3) is 0 Å². The number of para-hydroxylation sites is 1. The van der Waals surface area contributed by atoms with Crippen LogP contribution in [0.4, 0.5) is 14.5 Å². The maximum Gasteiger partial charge on any atom is 0.232 e. The van der Waals surface area contributed by atoms with Gasteiger partial charge >= 0.3 is 0 Å². The van der Waals surface area contributed by atoms with Gasteiger partial charge in [-0.15, -0.1) is 0 Å². The van der Waals surface area contributed by atoms with Crippen LogP contribution in [-0.4, -0.2) is 20.7 Å². The molecule has 4 nitrogen and oxygen atoms in total. The zero-order valence-electron chi connectivity index (χ0n) is 8.41. The summed E-state index contributed by atoms with van der Waals surface area (Å²) in [4.78, 5) is 0. The van der Waals surface area contributed by atoms with E-state index >= 15 is 0 Å². The molecule has 0 radical (unpaired) electrons. The van der Waals surface area contributed by atoms with Crippen LogP contribution in [0, 0.1) is 11.6 Å². The molecule has 90 valence electrons. The Morgan fingerprint density at radius 1 is 1.25 bits per heavy atom. The Balaban J connectivity index is 2.88. The van der Waals surface area contributed by atoms with Crippen molar-refractivity contribution in [3.05, 3.63) is 29.8 Å². The molecule has 0 aromatic heterocycles. The number of sulfonamides is 1. The lowest BCUT2D eigenvalue weighted by Crippen LogP contribution is -2.20. The monoisotopic (exact) mass is 250 g/mol. The van der Waals surface area contributed by atoms with E-state index in [1.807, 2.05) is 4.72 Å². The highest BCUT2D eigenvalue weighted by Gasteiger charge is 2.15. The minimum atomic E-state index is -3.75. The molecule has 0 saturated heterocycles. The van der Waals surface area contributed by atoms with Gasteiger partial charge in [0.25, 0.3) is 0 Å². The maximum absolute atomic E-state index is 13.1. The number of nitrogens with two attached hydrogens (primary N) is 1. The summed E-state index contributed by atoms with van der Waals surface area (Å²) in [6, 6.07) is 3.11. The molecule has 0 heterocycles. The second-order valence-corrected chi connectivity index (χ2v) is 5.00. The molecule has 0 bridgehead atoms. The van der Waals surface area contributed by atoms with Gasteiger partial charge in [-0.1, -0.05) is 6.07 Å². The average molecular weight is 250 g/mol. The molecule has 3 N–H and O–H groups in total. The normalized spacial score (nSPS) is 11.4. The van der Waals surface area contributed by atoms with E-state index in [1.54, 1.807) is 0 Å². The minimum Gasteiger partial charge on any atom is -0.330 e. The standard InChI is InChI=1S/C9H12F2N2O2S/c10-7-3-1-4-8(11)9(7)13-16(14,15)6-2-5-12/h1,3-4,13H,2,5-6,12H2. The SMILES string of the molecule is NCCCS(=O)(=O)Nc1c(F)cccc1F. The third-order valence-electron chi connectivity index (χ3n) is 1.84. The van der Waals surface area contributed by atoms with Crippen LogP contribution in [0.5, 0.6) is 0 Å². The first kappa shape index (κ1) is 12.9. The molecule has 0 fully saturated rings. The summed E-state index contributed by atoms with van der Waals surface area (Å²) in [5.74, 6) is -2.16. The summed E-state index contributed by atoms with van der Waals surface area (Å²) in [6.07, 6.45) is 0.228. The van der Waals surface area contributed by atoms with Gasteiger partial charge in [0.2, 0.25) is 10.0 Å². The number of nitrogens with one attached hydrogen (secondary N) is 1. The maximum atomic E-state index is 13.1. The predicted molar refractivity (Wildman–Crippen MR) is 57.4 cm³/mol. The van der Waals surface area contributed by atoms with Gasteiger partial charge in [-0.2, -0.15) is 0 Å². The fourth-order valence-electron chi connectivity index (χ4n) is 1.08. The zero-order chi connectivity index (χ0) is 12.2. The number of rotatable bonds is 5. The fraction of sp³-hybridized carbons (Fsp3) is 0.333. The largest absolute Gasteiger partial charge is 0.330 e. The Kier molecular flexibility index (Phi) is 4.19. The summed E-state index contributed by atoms with van der Waals surface area (Å²) in [7, 11) is -3.75. The first-order valence-corrected chi connectivity index (χ1v) is 6.26. The van der Waals surface area contributed by atoms with Gasteiger partial charge in [-0.25, -0.2) is 17.2 Å². The van der Waals surface area contributed by atoms with Crippen molar-refractivity contribution < 1.29 is 17.2 Å². The molecule has 0 atom stereocenters. The van der Waals surface area contributed by atoms with Gasteiger partial charge in [-0.05, 0) is 25.1 Å². The Labute approximate surface area is 92.5 Å². The second-order valence-electron chi connectivity index (χ2n) is 3.16. The summed E-state index contributed by atoms with van der Waals surface area (Å²) in [6.45, 7) is 0.195. The van der Waals surface area contributed by atoms with Crippen molar-refractivity contribution in [1.29, 1.82) is 0 Å². The van der Waals surface area contributed by atoms with Crippen LogP contribution in [0.15, 0.2) is 18.2 Å². The lowest BCUT2D eigenvalue weighted by Gasteiger charge is -2.08. The molecule has 1 aromatic rings. The summed E-state index contributed by atoms with van der Waals surface area (Å²) in [5, 5.41) is 0. The van der Waals surface area contributed by atoms with Crippen LogP contribution in [0.1, 0.15) is 6.42 Å². The highest BCUT2D eigenvalue weighted by molar-refractivity contribution is 7.92. The zero-order valence-corrected chi connectivity index (χ0v) is 9.23. The third kappa shape index (κ3) is 3.42. The van der Waals surface area contributed by atoms with E-state index < -0.39 is 27.3 Å². The van der Waals surface area contributed by atoms with Crippen LogP contribution in [0.2, 0.25) is 0 Å². The van der Waals surface area contributed by atoms with E-state index in [1.165, 1.54) is 0 Å². The van der Waals surface area contributed by atoms with Crippen molar-refractivity contribution in [2.75, 3.05) is 17.0 Å². The molecule has 1 rings (SSSR count). The van der Waals surface area contributed by atoms with Crippen molar-refractivity contribution in [3.8, 4) is 0 Å². The van der Waals surface area contributed by atoms with Crippen LogP contribution < -0.4 is 10.5 Å². The molecule has 0 aliphatic rings. The van der Waals surface area contributed by atoms with Gasteiger partial charge in [0.05, 0.1) is 5.75 Å². The number of hydrogen-bond acceptors (Lipinski definition) is 3. The molecular weight excluding hydrogens is 238 g/mol. The summed E-state index contributed by atoms with van der Waals surface area (Å²) < 4.78 is 50.8. The van der Waals surface area contributed by atoms with Crippen LogP contribution in [0.3, 0.4) is 0 Å². The van der Waals surface area contributed by atoms with E-state index in [0.29, 0.717) is 0 Å². The van der Waals surface area contributed by atoms with E-state index in [4.69, 9.17) is 5.73 Å². The Hall–Kier alpha value is -1.21. The van der Waals surface area contributed by atoms with E-state index in [0.717, 1.165) is 18.2 Å². The number of anilines is 1. The average Bonchev–Trinajstić information content (AvgIpc) is 2.21. The van der Waals surface area contributed by atoms with Crippen LogP contribution in [-0.2, 0) is 10.0 Å². The van der Waals surface area contributed by atoms with E-state index in [-0.39, 0.29) is 18.7 Å². The Morgan fingerprint density at radius 2 is 1.81 bits per heavy atom. The van der Waals surface area contributed by atoms with Crippen molar-refractivity contribution in [2.45, 2.75) is 6.42 Å². The molecule has 0 saturated carbocycles. The predicted octanol–water partition coefficient (Wildman–Crippen LogP) is 1.06. The topological polar surface area (TPSA) is 72.2 Å². The van der Waals surface area contributed by atoms with Gasteiger partial charge in [0.1, 0.15) is 17.3 Å². The van der Waals surface area contributed by atoms with Gasteiger partial charge in [0, 0.05) is 0 Å². The van der Waals surface area contributed by atoms with Gasteiger partial charge < -0.3 is 5.73 Å². The molecule has 0 spiro atoms. The van der Waals surface area contributed by atoms with Crippen molar-refractivity contribution in [1.82, 2.24) is 0 Å². The highest BCUT2D eigenvalue weighted by atomic mass is 32.2. The molecule has 0 amide bonds. The fourth-order valence-corrected chi connectivity index (χ4v) is 2.23. The Morgan fingerprint density at radius 3 is 2.31 bits per heavy atom. The quantitative estimate of drug-likeness (QED) is 0.820. The first-order chi connectivity index (χ1) is 7.46.